The number of carbonyl (C=O) groups excluding carboxylic acids is 1. The SMILES string of the molecule is CC(C)(C)[N+]1(C(=O)[O-])CCc2ccccc21. The van der Waals surface area contributed by atoms with Gasteiger partial charge in [-0.25, -0.2) is 4.48 Å². The molecule has 0 bridgehead atoms. The molecule has 3 heteroatoms. The van der Waals surface area contributed by atoms with Gasteiger partial charge in [-0.2, -0.15) is 0 Å². The molecule has 3 nitrogen and oxygen atoms in total. The zero-order valence-electron chi connectivity index (χ0n) is 9.99. The number of carbonyl (C=O) groups is 1. The Bertz CT molecular complexity index is 434. The lowest BCUT2D eigenvalue weighted by atomic mass is 10.0. The van der Waals surface area contributed by atoms with Gasteiger partial charge in [0.15, 0.2) is 0 Å². The van der Waals surface area contributed by atoms with Gasteiger partial charge in [0.25, 0.3) is 6.09 Å². The van der Waals surface area contributed by atoms with E-state index in [9.17, 15) is 9.90 Å². The Morgan fingerprint density at radius 2 is 1.94 bits per heavy atom. The zero-order chi connectivity index (χ0) is 12.0. The standard InChI is InChI=1S/C13H17NO2/c1-13(2,3)14(12(15)16)9-8-10-6-4-5-7-11(10)14/h4-7H,8-9H2,1-3H3. The molecule has 0 aromatic heterocycles. The van der Waals surface area contributed by atoms with Gasteiger partial charge in [0.1, 0.15) is 11.2 Å². The molecule has 16 heavy (non-hydrogen) atoms. The number of quaternary nitrogens is 1. The molecular formula is C13H17NO2. The van der Waals surface area contributed by atoms with Gasteiger partial charge in [-0.1, -0.05) is 18.2 Å². The van der Waals surface area contributed by atoms with E-state index in [0.717, 1.165) is 17.7 Å². The maximum absolute atomic E-state index is 11.6. The summed E-state index contributed by atoms with van der Waals surface area (Å²) in [7, 11) is 0. The summed E-state index contributed by atoms with van der Waals surface area (Å²) >= 11 is 0. The first-order valence-corrected chi connectivity index (χ1v) is 5.58. The van der Waals surface area contributed by atoms with Crippen LogP contribution in [0.2, 0.25) is 0 Å². The number of para-hydroxylation sites is 1. The normalized spacial score (nSPS) is 24.2. The number of hydrogen-bond donors (Lipinski definition) is 0. The van der Waals surface area contributed by atoms with Gasteiger partial charge in [0.2, 0.25) is 0 Å². The van der Waals surface area contributed by atoms with E-state index in [1.807, 2.05) is 45.0 Å². The summed E-state index contributed by atoms with van der Waals surface area (Å²) < 4.78 is -0.0663. The summed E-state index contributed by atoms with van der Waals surface area (Å²) in [6, 6.07) is 7.76. The van der Waals surface area contributed by atoms with Crippen molar-refractivity contribution >= 4 is 11.8 Å². The number of carboxylic acid groups (broad SMARTS) is 1. The molecule has 86 valence electrons. The van der Waals surface area contributed by atoms with Gasteiger partial charge in [0.05, 0.1) is 6.54 Å². The Kier molecular flexibility index (Phi) is 2.31. The molecule has 0 saturated heterocycles. The van der Waals surface area contributed by atoms with Crippen LogP contribution in [0.4, 0.5) is 10.5 Å². The van der Waals surface area contributed by atoms with Crippen molar-refractivity contribution in [1.82, 2.24) is 4.48 Å². The van der Waals surface area contributed by atoms with E-state index in [4.69, 9.17) is 0 Å². The third kappa shape index (κ3) is 1.28. The fourth-order valence-corrected chi connectivity index (χ4v) is 2.66. The number of benzene rings is 1. The molecule has 0 spiro atoms. The minimum absolute atomic E-state index is 0.0663. The Labute approximate surface area is 95.9 Å². The Morgan fingerprint density at radius 3 is 2.50 bits per heavy atom. The lowest BCUT2D eigenvalue weighted by molar-refractivity contribution is -0.268. The van der Waals surface area contributed by atoms with Crippen LogP contribution in [0.15, 0.2) is 24.3 Å². The van der Waals surface area contributed by atoms with E-state index in [-0.39, 0.29) is 10.0 Å². The van der Waals surface area contributed by atoms with Crippen molar-refractivity contribution in [3.8, 4) is 0 Å². The molecule has 0 radical (unpaired) electrons. The fourth-order valence-electron chi connectivity index (χ4n) is 2.66. The predicted octanol–water partition coefficient (Wildman–Crippen LogP) is 1.69. The van der Waals surface area contributed by atoms with Gasteiger partial charge >= 0.3 is 0 Å². The van der Waals surface area contributed by atoms with E-state index in [1.165, 1.54) is 0 Å². The average molecular weight is 219 g/mol. The molecule has 2 rings (SSSR count). The zero-order valence-corrected chi connectivity index (χ0v) is 9.99. The summed E-state index contributed by atoms with van der Waals surface area (Å²) in [4.78, 5) is 11.6. The first-order chi connectivity index (χ1) is 7.39. The van der Waals surface area contributed by atoms with Crippen molar-refractivity contribution in [2.24, 2.45) is 0 Å². The molecule has 0 aliphatic carbocycles. The van der Waals surface area contributed by atoms with Crippen molar-refractivity contribution in [1.29, 1.82) is 0 Å². The first-order valence-electron chi connectivity index (χ1n) is 5.58. The minimum atomic E-state index is -1.00. The molecule has 1 heterocycles. The maximum Gasteiger partial charge on any atom is 0.263 e. The van der Waals surface area contributed by atoms with Crippen LogP contribution in [0, 0.1) is 0 Å². The number of amides is 1. The topological polar surface area (TPSA) is 40.1 Å². The number of fused-ring (bicyclic) bond motifs is 1. The Morgan fingerprint density at radius 1 is 1.31 bits per heavy atom. The predicted molar refractivity (Wildman–Crippen MR) is 62.0 cm³/mol. The largest absolute Gasteiger partial charge is 0.498 e. The summed E-state index contributed by atoms with van der Waals surface area (Å²) in [5.74, 6) is 0. The average Bonchev–Trinajstić information content (AvgIpc) is 2.56. The fraction of sp³-hybridized carbons (Fsp3) is 0.462. The number of nitrogens with zero attached hydrogens (tertiary/aromatic N) is 1. The molecule has 1 atom stereocenters. The van der Waals surface area contributed by atoms with Crippen molar-refractivity contribution in [2.75, 3.05) is 6.54 Å². The monoisotopic (exact) mass is 219 g/mol. The van der Waals surface area contributed by atoms with Crippen LogP contribution in [-0.2, 0) is 6.42 Å². The van der Waals surface area contributed by atoms with Crippen molar-refractivity contribution in [3.63, 3.8) is 0 Å². The highest BCUT2D eigenvalue weighted by atomic mass is 16.4. The second-order valence-electron chi connectivity index (χ2n) is 5.35. The third-order valence-corrected chi connectivity index (χ3v) is 3.58. The number of hydrogen-bond acceptors (Lipinski definition) is 2. The lowest BCUT2D eigenvalue weighted by Crippen LogP contribution is -2.68. The smallest absolute Gasteiger partial charge is 0.263 e. The summed E-state index contributed by atoms with van der Waals surface area (Å²) in [5, 5.41) is 11.6. The van der Waals surface area contributed by atoms with Crippen molar-refractivity contribution < 1.29 is 9.90 Å². The molecule has 1 aliphatic rings. The van der Waals surface area contributed by atoms with Crippen LogP contribution >= 0.6 is 0 Å². The van der Waals surface area contributed by atoms with Crippen LogP contribution in [0.5, 0.6) is 0 Å². The Balaban J connectivity index is 2.66. The van der Waals surface area contributed by atoms with Gasteiger partial charge in [-0.15, -0.1) is 0 Å². The molecule has 1 aromatic carbocycles. The second-order valence-corrected chi connectivity index (χ2v) is 5.35. The molecule has 0 saturated carbocycles. The van der Waals surface area contributed by atoms with Crippen LogP contribution in [-0.4, -0.2) is 18.2 Å². The van der Waals surface area contributed by atoms with E-state index in [2.05, 4.69) is 0 Å². The van der Waals surface area contributed by atoms with Crippen LogP contribution < -0.4 is 9.59 Å². The van der Waals surface area contributed by atoms with Crippen LogP contribution in [0.3, 0.4) is 0 Å². The Hall–Kier alpha value is -1.35. The molecule has 1 aromatic rings. The highest BCUT2D eigenvalue weighted by Gasteiger charge is 2.49. The molecule has 0 N–H and O–H groups in total. The van der Waals surface area contributed by atoms with Crippen LogP contribution in [0.25, 0.3) is 0 Å². The molecular weight excluding hydrogens is 202 g/mol. The summed E-state index contributed by atoms with van der Waals surface area (Å²) in [5.41, 5.74) is 1.63. The molecule has 0 fully saturated rings. The maximum atomic E-state index is 11.6. The quantitative estimate of drug-likeness (QED) is 0.623. The third-order valence-electron chi connectivity index (χ3n) is 3.58. The molecule has 1 amide bonds. The minimum Gasteiger partial charge on any atom is -0.498 e. The van der Waals surface area contributed by atoms with E-state index >= 15 is 0 Å². The van der Waals surface area contributed by atoms with Crippen LogP contribution in [0.1, 0.15) is 26.3 Å². The highest BCUT2D eigenvalue weighted by Crippen LogP contribution is 2.40. The summed E-state index contributed by atoms with van der Waals surface area (Å²) in [6.45, 7) is 6.44. The molecule has 1 aliphatic heterocycles. The number of rotatable bonds is 0. The lowest BCUT2D eigenvalue weighted by Gasteiger charge is -2.44. The first kappa shape index (κ1) is 11.1. The van der Waals surface area contributed by atoms with E-state index in [1.54, 1.807) is 0 Å². The van der Waals surface area contributed by atoms with E-state index in [0.29, 0.717) is 6.54 Å². The van der Waals surface area contributed by atoms with Gasteiger partial charge in [0, 0.05) is 12.0 Å². The van der Waals surface area contributed by atoms with Gasteiger partial charge in [-0.3, -0.25) is 0 Å². The van der Waals surface area contributed by atoms with Gasteiger partial charge in [-0.05, 0) is 26.8 Å². The van der Waals surface area contributed by atoms with E-state index < -0.39 is 6.09 Å². The second kappa shape index (κ2) is 3.32. The van der Waals surface area contributed by atoms with Crippen molar-refractivity contribution in [3.05, 3.63) is 29.8 Å². The van der Waals surface area contributed by atoms with Gasteiger partial charge < -0.3 is 9.90 Å². The highest BCUT2D eigenvalue weighted by molar-refractivity contribution is 5.83. The van der Waals surface area contributed by atoms with Crippen molar-refractivity contribution in [2.45, 2.75) is 32.7 Å². The molecule has 1 unspecified atom stereocenters. The summed E-state index contributed by atoms with van der Waals surface area (Å²) in [6.07, 6.45) is -0.195.